The molecule has 0 bridgehead atoms. The molecule has 2 heteroatoms. The van der Waals surface area contributed by atoms with Crippen molar-refractivity contribution in [2.24, 2.45) is 0 Å². The Morgan fingerprint density at radius 3 is 1.11 bits per heavy atom. The molecule has 0 atom stereocenters. The van der Waals surface area contributed by atoms with Crippen LogP contribution in [0, 0.1) is 0 Å². The van der Waals surface area contributed by atoms with E-state index in [4.69, 9.17) is 0 Å². The largest absolute Gasteiger partial charge is 0.506 e. The summed E-state index contributed by atoms with van der Waals surface area (Å²) in [5.41, 5.74) is 10.6. The van der Waals surface area contributed by atoms with Crippen molar-refractivity contribution < 1.29 is 4.70 Å². The van der Waals surface area contributed by atoms with Crippen LogP contribution in [0.4, 0.5) is 0 Å². The molecule has 2 nitrogen and oxygen atoms in total. The van der Waals surface area contributed by atoms with Crippen molar-refractivity contribution in [1.29, 1.82) is 0 Å². The van der Waals surface area contributed by atoms with E-state index in [0.29, 0.717) is 12.1 Å². The molecule has 0 aromatic rings. The Morgan fingerprint density at radius 1 is 0.500 bits per heavy atom. The zero-order valence-corrected chi connectivity index (χ0v) is 11.9. The molecule has 0 unspecified atom stereocenters. The highest BCUT2D eigenvalue weighted by atomic mass is 15.2. The molecule has 2 fully saturated rings. The first kappa shape index (κ1) is 14.0. The summed E-state index contributed by atoms with van der Waals surface area (Å²) in [6.45, 7) is 0. The van der Waals surface area contributed by atoms with Gasteiger partial charge in [0.05, 0.1) is 0 Å². The van der Waals surface area contributed by atoms with Crippen LogP contribution in [-0.4, -0.2) is 16.8 Å². The lowest BCUT2D eigenvalue weighted by Gasteiger charge is -2.28. The lowest BCUT2D eigenvalue weighted by Crippen LogP contribution is -2.34. The minimum Gasteiger partial charge on any atom is -0.506 e. The van der Waals surface area contributed by atoms with E-state index in [1.165, 1.54) is 89.9 Å². The van der Waals surface area contributed by atoms with Crippen molar-refractivity contribution in [3.8, 4) is 0 Å². The van der Waals surface area contributed by atoms with E-state index in [9.17, 15) is 5.53 Å². The van der Waals surface area contributed by atoms with Crippen LogP contribution in [0.1, 0.15) is 89.9 Å². The highest BCUT2D eigenvalue weighted by Crippen LogP contribution is 2.25. The number of nitrogens with zero attached hydrogens (tertiary/aromatic N) is 2. The van der Waals surface area contributed by atoms with Gasteiger partial charge in [-0.1, -0.05) is 38.5 Å². The average Bonchev–Trinajstić information content (AvgIpc) is 2.27. The van der Waals surface area contributed by atoms with Crippen LogP contribution in [0.25, 0.3) is 5.53 Å². The first-order chi connectivity index (χ1) is 8.88. The average molecular weight is 250 g/mol. The van der Waals surface area contributed by atoms with Crippen molar-refractivity contribution in [2.75, 3.05) is 0 Å². The fourth-order valence-electron chi connectivity index (χ4n) is 3.70. The smallest absolute Gasteiger partial charge is 0.141 e. The Bertz CT molecular complexity index is 209. The zero-order chi connectivity index (χ0) is 12.6. The van der Waals surface area contributed by atoms with Gasteiger partial charge in [-0.05, 0) is 25.7 Å². The molecular formula is C16H30N2. The van der Waals surface area contributed by atoms with Gasteiger partial charge in [-0.2, -0.15) is 0 Å². The van der Waals surface area contributed by atoms with Gasteiger partial charge >= 0.3 is 0 Å². The van der Waals surface area contributed by atoms with Gasteiger partial charge < -0.3 is 10.2 Å². The third-order valence-electron chi connectivity index (χ3n) is 4.90. The van der Waals surface area contributed by atoms with Crippen molar-refractivity contribution in [3.05, 3.63) is 5.53 Å². The van der Waals surface area contributed by atoms with E-state index >= 15 is 0 Å². The zero-order valence-electron chi connectivity index (χ0n) is 11.9. The number of hydrogen-bond donors (Lipinski definition) is 0. The van der Waals surface area contributed by atoms with Gasteiger partial charge in [0.25, 0.3) is 0 Å². The molecule has 2 rings (SSSR count). The molecule has 2 aliphatic carbocycles. The molecule has 0 N–H and O–H groups in total. The molecule has 0 spiro atoms. The normalized spacial score (nSPS) is 25.8. The van der Waals surface area contributed by atoms with Gasteiger partial charge in [-0.15, -0.1) is 0 Å². The monoisotopic (exact) mass is 250 g/mol. The molecule has 0 saturated heterocycles. The molecule has 2 aliphatic rings. The molecule has 0 aromatic carbocycles. The first-order valence-corrected chi connectivity index (χ1v) is 8.35. The van der Waals surface area contributed by atoms with E-state index in [0.717, 1.165) is 0 Å². The minimum atomic E-state index is 0.453. The Balaban J connectivity index is 1.86. The summed E-state index contributed by atoms with van der Waals surface area (Å²) < 4.78 is 1.79. The van der Waals surface area contributed by atoms with Gasteiger partial charge in [0.2, 0.25) is 0 Å². The lowest BCUT2D eigenvalue weighted by atomic mass is 9.92. The molecule has 2 saturated carbocycles. The van der Waals surface area contributed by atoms with Crippen LogP contribution in [0.5, 0.6) is 0 Å². The maximum atomic E-state index is 10.6. The maximum Gasteiger partial charge on any atom is 0.141 e. The highest BCUT2D eigenvalue weighted by molar-refractivity contribution is 4.67. The molecule has 104 valence electrons. The fourth-order valence-corrected chi connectivity index (χ4v) is 3.70. The topological polar surface area (TPSA) is 25.3 Å². The third-order valence-corrected chi connectivity index (χ3v) is 4.90. The van der Waals surface area contributed by atoms with Crippen LogP contribution in [0.15, 0.2) is 0 Å². The SMILES string of the molecule is [N-]=[N+](C1CCCCCCC1)C1CCCCCCC1. The fraction of sp³-hybridized carbons (Fsp3) is 1.00. The molecule has 0 aliphatic heterocycles. The Hall–Kier alpha value is -0.400. The molecule has 0 amide bonds. The molecule has 0 heterocycles. The van der Waals surface area contributed by atoms with Crippen molar-refractivity contribution in [1.82, 2.24) is 0 Å². The molecular weight excluding hydrogens is 220 g/mol. The quantitative estimate of drug-likeness (QED) is 0.473. The van der Waals surface area contributed by atoms with Gasteiger partial charge in [0.1, 0.15) is 12.1 Å². The van der Waals surface area contributed by atoms with Gasteiger partial charge in [-0.25, -0.2) is 0 Å². The Morgan fingerprint density at radius 2 is 0.778 bits per heavy atom. The Labute approximate surface area is 113 Å². The van der Waals surface area contributed by atoms with Crippen LogP contribution < -0.4 is 0 Å². The summed E-state index contributed by atoms with van der Waals surface area (Å²) in [5, 5.41) is 0. The summed E-state index contributed by atoms with van der Waals surface area (Å²) in [6, 6.07) is 0.907. The second-order valence-corrected chi connectivity index (χ2v) is 6.38. The van der Waals surface area contributed by atoms with Crippen LogP contribution in [0.2, 0.25) is 0 Å². The van der Waals surface area contributed by atoms with E-state index in [-0.39, 0.29) is 0 Å². The summed E-state index contributed by atoms with van der Waals surface area (Å²) in [7, 11) is 0. The van der Waals surface area contributed by atoms with Crippen LogP contribution in [-0.2, 0) is 0 Å². The van der Waals surface area contributed by atoms with Gasteiger partial charge in [0.15, 0.2) is 0 Å². The summed E-state index contributed by atoms with van der Waals surface area (Å²) in [5.74, 6) is 0. The van der Waals surface area contributed by atoms with E-state index in [1.807, 2.05) is 0 Å². The predicted molar refractivity (Wildman–Crippen MR) is 75.8 cm³/mol. The van der Waals surface area contributed by atoms with Crippen molar-refractivity contribution >= 4 is 0 Å². The van der Waals surface area contributed by atoms with Crippen LogP contribution in [0.3, 0.4) is 0 Å². The third kappa shape index (κ3) is 4.37. The van der Waals surface area contributed by atoms with Crippen LogP contribution >= 0.6 is 0 Å². The second kappa shape index (κ2) is 7.91. The molecule has 18 heavy (non-hydrogen) atoms. The number of rotatable bonds is 2. The number of hydrogen-bond acceptors (Lipinski definition) is 0. The van der Waals surface area contributed by atoms with E-state index in [2.05, 4.69) is 0 Å². The maximum absolute atomic E-state index is 10.6. The van der Waals surface area contributed by atoms with Crippen molar-refractivity contribution in [3.63, 3.8) is 0 Å². The summed E-state index contributed by atoms with van der Waals surface area (Å²) in [4.78, 5) is 0. The lowest BCUT2D eigenvalue weighted by molar-refractivity contribution is -0.624. The second-order valence-electron chi connectivity index (χ2n) is 6.38. The standard InChI is InChI=1S/C16H30N2/c17-18(15-11-7-3-1-4-8-12-15)16-13-9-5-2-6-10-14-16/h15-16H,1-14H2. The van der Waals surface area contributed by atoms with Gasteiger partial charge in [-0.3, -0.25) is 0 Å². The van der Waals surface area contributed by atoms with Gasteiger partial charge in [0, 0.05) is 25.7 Å². The van der Waals surface area contributed by atoms with E-state index < -0.39 is 0 Å². The summed E-state index contributed by atoms with van der Waals surface area (Å²) in [6.07, 6.45) is 18.4. The first-order valence-electron chi connectivity index (χ1n) is 8.35. The van der Waals surface area contributed by atoms with Crippen molar-refractivity contribution in [2.45, 2.75) is 102 Å². The van der Waals surface area contributed by atoms with E-state index in [1.54, 1.807) is 4.70 Å². The predicted octanol–water partition coefficient (Wildman–Crippen LogP) is 5.25. The Kier molecular flexibility index (Phi) is 6.16. The summed E-state index contributed by atoms with van der Waals surface area (Å²) >= 11 is 0. The molecule has 0 radical (unpaired) electrons. The molecule has 0 aromatic heterocycles. The highest BCUT2D eigenvalue weighted by Gasteiger charge is 2.25. The minimum absolute atomic E-state index is 0.453.